The van der Waals surface area contributed by atoms with Gasteiger partial charge in [-0.2, -0.15) is 0 Å². The molecule has 0 saturated carbocycles. The van der Waals surface area contributed by atoms with Crippen molar-refractivity contribution in [3.63, 3.8) is 0 Å². The number of nitrogens with one attached hydrogen (secondary N) is 1. The lowest BCUT2D eigenvalue weighted by Gasteiger charge is -2.29. The van der Waals surface area contributed by atoms with Gasteiger partial charge in [-0.15, -0.1) is 0 Å². The maximum Gasteiger partial charge on any atom is 0.332 e. The van der Waals surface area contributed by atoms with Gasteiger partial charge in [-0.25, -0.2) is 9.78 Å². The summed E-state index contributed by atoms with van der Waals surface area (Å²) < 4.78 is 27.8. The van der Waals surface area contributed by atoms with Crippen LogP contribution in [0.15, 0.2) is 42.6 Å². The van der Waals surface area contributed by atoms with E-state index in [4.69, 9.17) is 23.7 Å². The molecule has 0 spiro atoms. The Hall–Kier alpha value is -4.48. The lowest BCUT2D eigenvalue weighted by molar-refractivity contribution is -0.176. The SMILES string of the molecule is CCCCCCCCCCC(=O)Oc1c(OC)ccnc1C(=O)N[C@H]1COC(=O)[C@H](Cc2ccccc2)[C@@H](OC(=O)C(C)C)[C@H](C)OC1=O. The second-order valence-electron chi connectivity index (χ2n) is 12.5. The van der Waals surface area contributed by atoms with Gasteiger partial charge in [0.15, 0.2) is 23.6 Å². The van der Waals surface area contributed by atoms with E-state index in [1.54, 1.807) is 13.8 Å². The van der Waals surface area contributed by atoms with E-state index < -0.39 is 66.5 Å². The molecule has 0 radical (unpaired) electrons. The number of benzene rings is 1. The zero-order valence-corrected chi connectivity index (χ0v) is 29.2. The van der Waals surface area contributed by atoms with Gasteiger partial charge in [0.05, 0.1) is 13.0 Å². The number of aromatic nitrogens is 1. The first-order chi connectivity index (χ1) is 23.5. The molecule has 1 fully saturated rings. The van der Waals surface area contributed by atoms with Crippen molar-refractivity contribution in [3.8, 4) is 11.5 Å². The third kappa shape index (κ3) is 12.2. The number of rotatable bonds is 17. The smallest absolute Gasteiger partial charge is 0.332 e. The Labute approximate surface area is 288 Å². The lowest BCUT2D eigenvalue weighted by Crippen LogP contribution is -2.47. The van der Waals surface area contributed by atoms with Crippen LogP contribution in [0.2, 0.25) is 0 Å². The fourth-order valence-electron chi connectivity index (χ4n) is 5.40. The van der Waals surface area contributed by atoms with Gasteiger partial charge in [0, 0.05) is 18.7 Å². The number of carbonyl (C=O) groups is 5. The fourth-order valence-corrected chi connectivity index (χ4v) is 5.40. The quantitative estimate of drug-likeness (QED) is 0.127. The number of amides is 1. The number of methoxy groups -OCH3 is 1. The van der Waals surface area contributed by atoms with Crippen LogP contribution in [0.1, 0.15) is 102 Å². The summed E-state index contributed by atoms with van der Waals surface area (Å²) in [7, 11) is 1.36. The minimum atomic E-state index is -1.45. The summed E-state index contributed by atoms with van der Waals surface area (Å²) in [6, 6.07) is 9.09. The van der Waals surface area contributed by atoms with Crippen molar-refractivity contribution in [1.29, 1.82) is 0 Å². The number of nitrogens with zero attached hydrogens (tertiary/aromatic N) is 1. The highest BCUT2D eigenvalue weighted by Gasteiger charge is 2.42. The summed E-state index contributed by atoms with van der Waals surface area (Å²) >= 11 is 0. The number of pyridine rings is 1. The molecule has 1 N–H and O–H groups in total. The molecule has 0 unspecified atom stereocenters. The van der Waals surface area contributed by atoms with Crippen molar-refractivity contribution in [3.05, 3.63) is 53.9 Å². The summed E-state index contributed by atoms with van der Waals surface area (Å²) in [6.07, 6.45) is 7.82. The van der Waals surface area contributed by atoms with Gasteiger partial charge in [0.25, 0.3) is 5.91 Å². The van der Waals surface area contributed by atoms with Crippen molar-refractivity contribution in [2.24, 2.45) is 11.8 Å². The maximum absolute atomic E-state index is 13.5. The summed E-state index contributed by atoms with van der Waals surface area (Å²) in [5.74, 6) is -5.27. The van der Waals surface area contributed by atoms with Crippen LogP contribution in [0, 0.1) is 11.8 Å². The molecule has 1 aliphatic heterocycles. The molecule has 49 heavy (non-hydrogen) atoms. The third-order valence-electron chi connectivity index (χ3n) is 8.22. The predicted octanol–water partition coefficient (Wildman–Crippen LogP) is 5.54. The van der Waals surface area contributed by atoms with Gasteiger partial charge in [0.1, 0.15) is 18.6 Å². The number of unbranched alkanes of at least 4 members (excludes halogenated alkanes) is 7. The molecule has 3 rings (SSSR count). The van der Waals surface area contributed by atoms with Gasteiger partial charge in [-0.3, -0.25) is 19.2 Å². The van der Waals surface area contributed by atoms with Gasteiger partial charge < -0.3 is 29.0 Å². The standard InChI is InChI=1S/C37H50N2O10/c1-6-7-8-9-10-11-12-16-19-30(40)48-33-29(45-5)20-21-38-31(33)34(41)39-28-23-46-36(43)27(22-26-17-14-13-15-18-26)32(25(4)47-37(28)44)49-35(42)24(2)3/h13-15,17-18,20-21,24-25,27-28,32H,6-12,16,19,22-23H2,1-5H3,(H,39,41)/t25-,27+,28-,32-/m0/s1. The van der Waals surface area contributed by atoms with Gasteiger partial charge in [0.2, 0.25) is 5.75 Å². The van der Waals surface area contributed by atoms with Crippen LogP contribution in [-0.2, 0) is 39.8 Å². The van der Waals surface area contributed by atoms with Crippen LogP contribution in [0.25, 0.3) is 0 Å². The monoisotopic (exact) mass is 682 g/mol. The molecule has 4 atom stereocenters. The molecule has 1 saturated heterocycles. The summed E-state index contributed by atoms with van der Waals surface area (Å²) in [5, 5.41) is 2.50. The Morgan fingerprint density at radius 1 is 0.959 bits per heavy atom. The third-order valence-corrected chi connectivity index (χ3v) is 8.22. The van der Waals surface area contributed by atoms with E-state index in [9.17, 15) is 24.0 Å². The van der Waals surface area contributed by atoms with E-state index >= 15 is 0 Å². The number of hydrogen-bond acceptors (Lipinski definition) is 11. The molecule has 1 aromatic carbocycles. The van der Waals surface area contributed by atoms with Crippen molar-refractivity contribution in [1.82, 2.24) is 10.3 Å². The molecule has 1 aliphatic rings. The van der Waals surface area contributed by atoms with Crippen LogP contribution < -0.4 is 14.8 Å². The Balaban J connectivity index is 1.74. The molecule has 0 bridgehead atoms. The Kier molecular flexibility index (Phi) is 16.0. The number of hydrogen-bond donors (Lipinski definition) is 1. The summed E-state index contributed by atoms with van der Waals surface area (Å²) in [4.78, 5) is 69.9. The van der Waals surface area contributed by atoms with E-state index in [1.807, 2.05) is 30.3 Å². The van der Waals surface area contributed by atoms with Gasteiger partial charge in [-0.1, -0.05) is 96.0 Å². The molecule has 12 heteroatoms. The predicted molar refractivity (Wildman–Crippen MR) is 180 cm³/mol. The van der Waals surface area contributed by atoms with Gasteiger partial charge in [-0.05, 0) is 25.3 Å². The normalized spacial score (nSPS) is 19.5. The van der Waals surface area contributed by atoms with Crippen LogP contribution in [0.3, 0.4) is 0 Å². The highest BCUT2D eigenvalue weighted by atomic mass is 16.6. The average molecular weight is 683 g/mol. The van der Waals surface area contributed by atoms with Crippen molar-refractivity contribution in [2.75, 3.05) is 13.7 Å². The molecule has 12 nitrogen and oxygen atoms in total. The van der Waals surface area contributed by atoms with Crippen LogP contribution >= 0.6 is 0 Å². The molecule has 2 aromatic rings. The maximum atomic E-state index is 13.5. The first-order valence-corrected chi connectivity index (χ1v) is 17.2. The zero-order valence-electron chi connectivity index (χ0n) is 29.2. The van der Waals surface area contributed by atoms with Crippen molar-refractivity contribution < 1.29 is 47.7 Å². The van der Waals surface area contributed by atoms with E-state index in [2.05, 4.69) is 17.2 Å². The average Bonchev–Trinajstić information content (AvgIpc) is 3.12. The molecule has 268 valence electrons. The second-order valence-corrected chi connectivity index (χ2v) is 12.5. The summed E-state index contributed by atoms with van der Waals surface area (Å²) in [5.41, 5.74) is 0.479. The first kappa shape index (κ1) is 39.0. The fraction of sp³-hybridized carbons (Fsp3) is 0.568. The van der Waals surface area contributed by atoms with Crippen LogP contribution in [0.4, 0.5) is 0 Å². The minimum absolute atomic E-state index is 0.0973. The molecule has 1 amide bonds. The number of cyclic esters (lactones) is 2. The first-order valence-electron chi connectivity index (χ1n) is 17.2. The molecule has 1 aromatic heterocycles. The molecular weight excluding hydrogens is 632 g/mol. The Morgan fingerprint density at radius 3 is 2.29 bits per heavy atom. The molecular formula is C37H50N2O10. The summed E-state index contributed by atoms with van der Waals surface area (Å²) in [6.45, 7) is 6.43. The van der Waals surface area contributed by atoms with Crippen molar-refractivity contribution >= 4 is 29.8 Å². The number of esters is 4. The number of ether oxygens (including phenoxy) is 5. The molecule has 2 heterocycles. The van der Waals surface area contributed by atoms with E-state index in [1.165, 1.54) is 52.0 Å². The van der Waals surface area contributed by atoms with Crippen LogP contribution in [0.5, 0.6) is 11.5 Å². The van der Waals surface area contributed by atoms with Gasteiger partial charge >= 0.3 is 23.9 Å². The highest BCUT2D eigenvalue weighted by Crippen LogP contribution is 2.31. The Bertz CT molecular complexity index is 1400. The molecule has 0 aliphatic carbocycles. The topological polar surface area (TPSA) is 156 Å². The van der Waals surface area contributed by atoms with E-state index in [0.717, 1.165) is 24.8 Å². The Morgan fingerprint density at radius 2 is 1.63 bits per heavy atom. The lowest BCUT2D eigenvalue weighted by atomic mass is 9.91. The zero-order chi connectivity index (χ0) is 35.8. The highest BCUT2D eigenvalue weighted by molar-refractivity contribution is 5.99. The van der Waals surface area contributed by atoms with E-state index in [-0.39, 0.29) is 30.0 Å². The van der Waals surface area contributed by atoms with Crippen LogP contribution in [-0.4, -0.2) is 66.7 Å². The van der Waals surface area contributed by atoms with E-state index in [0.29, 0.717) is 6.42 Å². The minimum Gasteiger partial charge on any atom is -0.493 e. The van der Waals surface area contributed by atoms with Crippen molar-refractivity contribution in [2.45, 2.75) is 110 Å². The largest absolute Gasteiger partial charge is 0.493 e. The number of carbonyl (C=O) groups excluding carboxylic acids is 5. The second kappa shape index (κ2) is 20.1.